The van der Waals surface area contributed by atoms with Crippen LogP contribution in [0.4, 0.5) is 17.1 Å². The molecule has 4 rings (SSSR count). The van der Waals surface area contributed by atoms with E-state index in [1.54, 1.807) is 56.3 Å². The zero-order valence-electron chi connectivity index (χ0n) is 20.8. The molecule has 0 unspecified atom stereocenters. The minimum absolute atomic E-state index is 0.0178. The molecule has 39 heavy (non-hydrogen) atoms. The fourth-order valence-electron chi connectivity index (χ4n) is 3.93. The van der Waals surface area contributed by atoms with Crippen LogP contribution in [0.1, 0.15) is 29.8 Å². The van der Waals surface area contributed by atoms with E-state index in [2.05, 4.69) is 15.5 Å². The number of rotatable bonds is 8. The van der Waals surface area contributed by atoms with Crippen LogP contribution < -0.4 is 10.1 Å². The van der Waals surface area contributed by atoms with E-state index in [1.807, 2.05) is 0 Å². The standard InChI is InChI=1S/C27H23Cl2N3O6S/c1-3-15-12-17(14-22(23(15)29)39(35,36)37)31-32-24-18-9-6-5-8-16(18)13-19(25(24)33)27(34)30-21-11-7-10-20(28)26(21)38-4-2/h5-14,33H,3-4H2,1-2H3,(H,30,34)(H,35,36,37). The van der Waals surface area contributed by atoms with Gasteiger partial charge in [-0.2, -0.15) is 13.5 Å². The third kappa shape index (κ3) is 5.99. The third-order valence-corrected chi connectivity index (χ3v) is 7.50. The average molecular weight is 588 g/mol. The maximum absolute atomic E-state index is 13.3. The summed E-state index contributed by atoms with van der Waals surface area (Å²) in [5.74, 6) is -0.805. The molecular weight excluding hydrogens is 565 g/mol. The van der Waals surface area contributed by atoms with Gasteiger partial charge in [0.05, 0.1) is 33.6 Å². The molecule has 0 saturated heterocycles. The molecule has 9 nitrogen and oxygen atoms in total. The van der Waals surface area contributed by atoms with Crippen molar-refractivity contribution in [3.8, 4) is 11.5 Å². The Morgan fingerprint density at radius 2 is 1.77 bits per heavy atom. The van der Waals surface area contributed by atoms with Crippen LogP contribution in [0.2, 0.25) is 10.0 Å². The molecule has 0 aliphatic heterocycles. The molecule has 0 atom stereocenters. The van der Waals surface area contributed by atoms with Gasteiger partial charge < -0.3 is 15.2 Å². The van der Waals surface area contributed by atoms with E-state index >= 15 is 0 Å². The number of carbonyl (C=O) groups is 1. The molecule has 4 aromatic carbocycles. The molecule has 0 fully saturated rings. The highest BCUT2D eigenvalue weighted by Gasteiger charge is 2.21. The fraction of sp³-hybridized carbons (Fsp3) is 0.148. The first-order valence-electron chi connectivity index (χ1n) is 11.7. The number of azo groups is 1. The van der Waals surface area contributed by atoms with Gasteiger partial charge in [0.25, 0.3) is 16.0 Å². The predicted octanol–water partition coefficient (Wildman–Crippen LogP) is 7.73. The van der Waals surface area contributed by atoms with E-state index in [4.69, 9.17) is 27.9 Å². The molecule has 3 N–H and O–H groups in total. The second-order valence-electron chi connectivity index (χ2n) is 8.29. The number of aryl methyl sites for hydroxylation is 1. The van der Waals surface area contributed by atoms with Crippen molar-refractivity contribution >= 4 is 67.1 Å². The van der Waals surface area contributed by atoms with Crippen LogP contribution in [-0.4, -0.2) is 30.6 Å². The van der Waals surface area contributed by atoms with Crippen LogP contribution in [-0.2, 0) is 16.5 Å². The van der Waals surface area contributed by atoms with Crippen molar-refractivity contribution in [3.05, 3.63) is 81.8 Å². The molecule has 0 spiro atoms. The molecule has 0 aliphatic carbocycles. The topological polar surface area (TPSA) is 138 Å². The summed E-state index contributed by atoms with van der Waals surface area (Å²) in [6.45, 7) is 3.86. The van der Waals surface area contributed by atoms with Crippen molar-refractivity contribution in [2.75, 3.05) is 11.9 Å². The van der Waals surface area contributed by atoms with Crippen LogP contribution in [0.3, 0.4) is 0 Å². The Hall–Kier alpha value is -3.70. The number of ether oxygens (including phenoxy) is 1. The van der Waals surface area contributed by atoms with Crippen molar-refractivity contribution in [3.63, 3.8) is 0 Å². The number of benzene rings is 4. The van der Waals surface area contributed by atoms with E-state index in [9.17, 15) is 22.9 Å². The summed E-state index contributed by atoms with van der Waals surface area (Å²) in [7, 11) is -4.63. The molecule has 12 heteroatoms. The second-order valence-corrected chi connectivity index (χ2v) is 10.5. The highest BCUT2D eigenvalue weighted by atomic mass is 35.5. The maximum Gasteiger partial charge on any atom is 0.296 e. The van der Waals surface area contributed by atoms with Gasteiger partial charge in [-0.15, -0.1) is 5.11 Å². The summed E-state index contributed by atoms with van der Waals surface area (Å²) in [6.07, 6.45) is 0.363. The normalized spacial score (nSPS) is 11.7. The molecule has 1 amide bonds. The van der Waals surface area contributed by atoms with E-state index in [0.29, 0.717) is 45.8 Å². The zero-order valence-corrected chi connectivity index (χ0v) is 23.1. The molecule has 202 valence electrons. The number of halogens is 2. The second kappa shape index (κ2) is 11.6. The van der Waals surface area contributed by atoms with Gasteiger partial charge in [-0.05, 0) is 54.6 Å². The molecule has 4 aromatic rings. The molecule has 0 aliphatic rings. The van der Waals surface area contributed by atoms with Crippen LogP contribution >= 0.6 is 23.2 Å². The highest BCUT2D eigenvalue weighted by molar-refractivity contribution is 7.86. The first-order chi connectivity index (χ1) is 18.5. The Kier molecular flexibility index (Phi) is 8.41. The van der Waals surface area contributed by atoms with Crippen molar-refractivity contribution in [1.82, 2.24) is 0 Å². The monoisotopic (exact) mass is 587 g/mol. The van der Waals surface area contributed by atoms with Crippen molar-refractivity contribution in [2.45, 2.75) is 25.2 Å². The summed E-state index contributed by atoms with van der Waals surface area (Å²) in [4.78, 5) is 12.8. The van der Waals surface area contributed by atoms with Gasteiger partial charge in [0.1, 0.15) is 10.6 Å². The van der Waals surface area contributed by atoms with Crippen LogP contribution in [0.25, 0.3) is 10.8 Å². The summed E-state index contributed by atoms with van der Waals surface area (Å²) in [5.41, 5.74) is 0.706. The lowest BCUT2D eigenvalue weighted by Crippen LogP contribution is -2.13. The average Bonchev–Trinajstić information content (AvgIpc) is 2.89. The first kappa shape index (κ1) is 28.3. The third-order valence-electron chi connectivity index (χ3n) is 5.77. The van der Waals surface area contributed by atoms with Crippen LogP contribution in [0.15, 0.2) is 75.8 Å². The van der Waals surface area contributed by atoms with Gasteiger partial charge >= 0.3 is 0 Å². The Balaban J connectivity index is 1.81. The number of para-hydroxylation sites is 1. The SMILES string of the molecule is CCOc1c(Cl)cccc1NC(=O)c1cc2ccccc2c(N=Nc2cc(CC)c(Cl)c(S(=O)(=O)O)c2)c1O. The van der Waals surface area contributed by atoms with Gasteiger partial charge in [0.2, 0.25) is 0 Å². The number of fused-ring (bicyclic) bond motifs is 1. The Labute approximate surface area is 234 Å². The number of carbonyl (C=O) groups excluding carboxylic acids is 1. The Morgan fingerprint density at radius 1 is 1.03 bits per heavy atom. The Bertz CT molecular complexity index is 1720. The predicted molar refractivity (Wildman–Crippen MR) is 151 cm³/mol. The van der Waals surface area contributed by atoms with Crippen LogP contribution in [0.5, 0.6) is 11.5 Å². The van der Waals surface area contributed by atoms with E-state index in [0.717, 1.165) is 6.07 Å². The van der Waals surface area contributed by atoms with E-state index < -0.39 is 26.7 Å². The lowest BCUT2D eigenvalue weighted by Gasteiger charge is -2.14. The number of nitrogens with zero attached hydrogens (tertiary/aromatic N) is 2. The molecule has 0 saturated carbocycles. The number of amides is 1. The number of hydrogen-bond donors (Lipinski definition) is 3. The quantitative estimate of drug-likeness (QED) is 0.142. The number of nitrogens with one attached hydrogen (secondary N) is 1. The Morgan fingerprint density at radius 3 is 2.46 bits per heavy atom. The summed E-state index contributed by atoms with van der Waals surface area (Å²) >= 11 is 12.4. The molecular formula is C27H23Cl2N3O6S. The molecule has 0 heterocycles. The van der Waals surface area contributed by atoms with Gasteiger partial charge in [0, 0.05) is 5.39 Å². The van der Waals surface area contributed by atoms with E-state index in [-0.39, 0.29) is 22.0 Å². The number of hydrogen-bond acceptors (Lipinski definition) is 7. The van der Waals surface area contributed by atoms with Crippen LogP contribution in [0, 0.1) is 0 Å². The van der Waals surface area contributed by atoms with Gasteiger partial charge in [-0.3, -0.25) is 9.35 Å². The van der Waals surface area contributed by atoms with Gasteiger partial charge in [0.15, 0.2) is 11.5 Å². The first-order valence-corrected chi connectivity index (χ1v) is 13.9. The van der Waals surface area contributed by atoms with E-state index in [1.165, 1.54) is 12.1 Å². The minimum atomic E-state index is -4.63. The van der Waals surface area contributed by atoms with Crippen molar-refractivity contribution < 1.29 is 27.6 Å². The lowest BCUT2D eigenvalue weighted by molar-refractivity contribution is 0.102. The fourth-order valence-corrected chi connectivity index (χ4v) is 5.32. The molecule has 0 radical (unpaired) electrons. The number of aromatic hydroxyl groups is 1. The van der Waals surface area contributed by atoms with Gasteiger partial charge in [-0.1, -0.05) is 60.5 Å². The molecule has 0 aromatic heterocycles. The molecule has 0 bridgehead atoms. The van der Waals surface area contributed by atoms with Gasteiger partial charge in [-0.25, -0.2) is 0 Å². The minimum Gasteiger partial charge on any atom is -0.505 e. The highest BCUT2D eigenvalue weighted by Crippen LogP contribution is 2.41. The zero-order chi connectivity index (χ0) is 28.3. The summed E-state index contributed by atoms with van der Waals surface area (Å²) in [5, 5.41) is 23.4. The number of phenolic OH excluding ortho intramolecular Hbond substituents is 1. The van der Waals surface area contributed by atoms with Crippen molar-refractivity contribution in [2.24, 2.45) is 10.2 Å². The summed E-state index contributed by atoms with van der Waals surface area (Å²) < 4.78 is 38.8. The van der Waals surface area contributed by atoms with Crippen molar-refractivity contribution in [1.29, 1.82) is 0 Å². The largest absolute Gasteiger partial charge is 0.505 e. The smallest absolute Gasteiger partial charge is 0.296 e. The summed E-state index contributed by atoms with van der Waals surface area (Å²) in [6, 6.07) is 15.9. The number of anilines is 1. The maximum atomic E-state index is 13.3. The number of phenols is 1. The lowest BCUT2D eigenvalue weighted by atomic mass is 10.0.